The zero-order chi connectivity index (χ0) is 16.4. The molecule has 2 aliphatic rings. The Hall–Kier alpha value is -1.75. The van der Waals surface area contributed by atoms with Crippen LogP contribution in [0.5, 0.6) is 0 Å². The van der Waals surface area contributed by atoms with Gasteiger partial charge in [0.05, 0.1) is 17.9 Å². The first-order chi connectivity index (χ1) is 11.8. The molecular formula is C20H25Cl2N3O. The van der Waals surface area contributed by atoms with Gasteiger partial charge in [0, 0.05) is 12.2 Å². The monoisotopic (exact) mass is 393 g/mol. The fraction of sp³-hybridized carbons (Fsp3) is 0.350. The summed E-state index contributed by atoms with van der Waals surface area (Å²) in [5, 5.41) is 6.32. The molecule has 1 heterocycles. The largest absolute Gasteiger partial charge is 0.339 e. The molecule has 0 aromatic heterocycles. The fourth-order valence-electron chi connectivity index (χ4n) is 3.31. The number of benzene rings is 2. The predicted octanol–water partition coefficient (Wildman–Crippen LogP) is 4.16. The number of hydrogen-bond donors (Lipinski definition) is 2. The summed E-state index contributed by atoms with van der Waals surface area (Å²) >= 11 is 0. The Kier molecular flexibility index (Phi) is 7.33. The van der Waals surface area contributed by atoms with Crippen LogP contribution in [0.2, 0.25) is 0 Å². The Morgan fingerprint density at radius 3 is 2.46 bits per heavy atom. The second-order valence-electron chi connectivity index (χ2n) is 6.67. The van der Waals surface area contributed by atoms with E-state index in [2.05, 4.69) is 45.9 Å². The highest BCUT2D eigenvalue weighted by Gasteiger charge is 2.23. The molecule has 4 nitrogen and oxygen atoms in total. The van der Waals surface area contributed by atoms with E-state index in [9.17, 15) is 4.79 Å². The standard InChI is InChI=1S/C20H23N3O.2ClH/c24-20(14-21-13-15-9-10-15)22-17-6-2-4-8-19(17)23-12-11-16-5-1-3-7-18(16)23;;/h1-8,15,21H,9-14H2,(H,22,24);2*1H. The van der Waals surface area contributed by atoms with Crippen molar-refractivity contribution in [2.75, 3.05) is 29.9 Å². The summed E-state index contributed by atoms with van der Waals surface area (Å²) in [6.45, 7) is 2.28. The van der Waals surface area contributed by atoms with Gasteiger partial charge in [-0.05, 0) is 55.5 Å². The molecule has 6 heteroatoms. The lowest BCUT2D eigenvalue weighted by atomic mass is 10.2. The Labute approximate surface area is 167 Å². The number of halogens is 2. The van der Waals surface area contributed by atoms with E-state index in [0.29, 0.717) is 6.54 Å². The summed E-state index contributed by atoms with van der Waals surface area (Å²) < 4.78 is 0. The zero-order valence-corrected chi connectivity index (χ0v) is 16.2. The molecule has 4 rings (SSSR count). The van der Waals surface area contributed by atoms with Crippen LogP contribution in [0.1, 0.15) is 18.4 Å². The molecule has 2 aromatic carbocycles. The van der Waals surface area contributed by atoms with E-state index in [-0.39, 0.29) is 30.7 Å². The minimum Gasteiger partial charge on any atom is -0.339 e. The van der Waals surface area contributed by atoms with Gasteiger partial charge < -0.3 is 15.5 Å². The van der Waals surface area contributed by atoms with Gasteiger partial charge in [0.1, 0.15) is 0 Å². The van der Waals surface area contributed by atoms with Crippen molar-refractivity contribution in [2.24, 2.45) is 5.92 Å². The average molecular weight is 394 g/mol. The van der Waals surface area contributed by atoms with Crippen molar-refractivity contribution in [3.63, 3.8) is 0 Å². The highest BCUT2D eigenvalue weighted by atomic mass is 35.5. The Bertz CT molecular complexity index is 749. The van der Waals surface area contributed by atoms with Crippen molar-refractivity contribution < 1.29 is 4.79 Å². The number of nitrogens with zero attached hydrogens (tertiary/aromatic N) is 1. The summed E-state index contributed by atoms with van der Waals surface area (Å²) in [6.07, 6.45) is 3.64. The molecule has 2 N–H and O–H groups in total. The second kappa shape index (κ2) is 9.26. The van der Waals surface area contributed by atoms with Crippen LogP contribution in [-0.4, -0.2) is 25.5 Å². The van der Waals surface area contributed by atoms with Crippen molar-refractivity contribution in [1.29, 1.82) is 0 Å². The van der Waals surface area contributed by atoms with Crippen molar-refractivity contribution >= 4 is 47.8 Å². The van der Waals surface area contributed by atoms with Crippen LogP contribution in [0, 0.1) is 5.92 Å². The zero-order valence-electron chi connectivity index (χ0n) is 14.6. The summed E-state index contributed by atoms with van der Waals surface area (Å²) in [5.74, 6) is 0.807. The maximum absolute atomic E-state index is 12.2. The predicted molar refractivity (Wildman–Crippen MR) is 112 cm³/mol. The third-order valence-electron chi connectivity index (χ3n) is 4.77. The molecule has 1 amide bonds. The number of nitrogens with one attached hydrogen (secondary N) is 2. The molecule has 1 saturated carbocycles. The first-order valence-corrected chi connectivity index (χ1v) is 8.76. The molecule has 0 saturated heterocycles. The minimum absolute atomic E-state index is 0. The topological polar surface area (TPSA) is 44.4 Å². The van der Waals surface area contributed by atoms with Crippen LogP contribution in [0.3, 0.4) is 0 Å². The van der Waals surface area contributed by atoms with Crippen LogP contribution in [-0.2, 0) is 11.2 Å². The molecule has 0 spiro atoms. The molecule has 1 fully saturated rings. The van der Waals surface area contributed by atoms with E-state index in [0.717, 1.165) is 36.8 Å². The molecule has 0 unspecified atom stereocenters. The van der Waals surface area contributed by atoms with E-state index < -0.39 is 0 Å². The molecule has 0 bridgehead atoms. The van der Waals surface area contributed by atoms with Gasteiger partial charge in [0.15, 0.2) is 0 Å². The normalized spacial score (nSPS) is 14.8. The van der Waals surface area contributed by atoms with Gasteiger partial charge in [-0.1, -0.05) is 30.3 Å². The SMILES string of the molecule is Cl.Cl.O=C(CNCC1CC1)Nc1ccccc1N1CCc2ccccc21. The maximum atomic E-state index is 12.2. The van der Waals surface area contributed by atoms with Crippen LogP contribution < -0.4 is 15.5 Å². The van der Waals surface area contributed by atoms with Gasteiger partial charge in [-0.3, -0.25) is 4.79 Å². The fourth-order valence-corrected chi connectivity index (χ4v) is 3.31. The number of carbonyl (C=O) groups is 1. The smallest absolute Gasteiger partial charge is 0.238 e. The highest BCUT2D eigenvalue weighted by Crippen LogP contribution is 2.38. The average Bonchev–Trinajstić information content (AvgIpc) is 3.32. The minimum atomic E-state index is 0. The molecule has 1 aliphatic carbocycles. The Morgan fingerprint density at radius 2 is 1.69 bits per heavy atom. The van der Waals surface area contributed by atoms with E-state index in [1.54, 1.807) is 0 Å². The lowest BCUT2D eigenvalue weighted by Gasteiger charge is -2.23. The number of carbonyl (C=O) groups excluding carboxylic acids is 1. The van der Waals surface area contributed by atoms with Gasteiger partial charge in [-0.15, -0.1) is 24.8 Å². The van der Waals surface area contributed by atoms with Gasteiger partial charge in [-0.25, -0.2) is 0 Å². The lowest BCUT2D eigenvalue weighted by molar-refractivity contribution is -0.115. The van der Waals surface area contributed by atoms with E-state index >= 15 is 0 Å². The second-order valence-corrected chi connectivity index (χ2v) is 6.67. The van der Waals surface area contributed by atoms with Crippen molar-refractivity contribution in [2.45, 2.75) is 19.3 Å². The quantitative estimate of drug-likeness (QED) is 0.773. The number of rotatable bonds is 6. The van der Waals surface area contributed by atoms with Crippen molar-refractivity contribution in [3.05, 3.63) is 54.1 Å². The Balaban J connectivity index is 0.00000121. The summed E-state index contributed by atoms with van der Waals surface area (Å²) in [6, 6.07) is 16.5. The van der Waals surface area contributed by atoms with Gasteiger partial charge in [0.25, 0.3) is 0 Å². The van der Waals surface area contributed by atoms with Crippen LogP contribution in [0.15, 0.2) is 48.5 Å². The lowest BCUT2D eigenvalue weighted by Crippen LogP contribution is -2.30. The molecule has 0 atom stereocenters. The van der Waals surface area contributed by atoms with Gasteiger partial charge >= 0.3 is 0 Å². The first kappa shape index (κ1) is 20.6. The molecule has 2 aromatic rings. The van der Waals surface area contributed by atoms with E-state index in [1.165, 1.54) is 24.1 Å². The first-order valence-electron chi connectivity index (χ1n) is 8.76. The van der Waals surface area contributed by atoms with Crippen LogP contribution >= 0.6 is 24.8 Å². The van der Waals surface area contributed by atoms with E-state index in [1.807, 2.05) is 18.2 Å². The number of para-hydroxylation sites is 3. The molecule has 26 heavy (non-hydrogen) atoms. The Morgan fingerprint density at radius 1 is 1.00 bits per heavy atom. The van der Waals surface area contributed by atoms with Crippen LogP contribution in [0.4, 0.5) is 17.1 Å². The number of hydrogen-bond acceptors (Lipinski definition) is 3. The number of amides is 1. The highest BCUT2D eigenvalue weighted by molar-refractivity contribution is 5.96. The molecule has 140 valence electrons. The number of fused-ring (bicyclic) bond motifs is 1. The summed E-state index contributed by atoms with van der Waals surface area (Å²) in [5.41, 5.74) is 4.56. The third kappa shape index (κ3) is 4.70. The third-order valence-corrected chi connectivity index (χ3v) is 4.77. The molecule has 0 radical (unpaired) electrons. The number of anilines is 3. The van der Waals surface area contributed by atoms with Crippen molar-refractivity contribution in [1.82, 2.24) is 5.32 Å². The van der Waals surface area contributed by atoms with Gasteiger partial charge in [0.2, 0.25) is 5.91 Å². The molecule has 1 aliphatic heterocycles. The molecular weight excluding hydrogens is 369 g/mol. The van der Waals surface area contributed by atoms with Gasteiger partial charge in [-0.2, -0.15) is 0 Å². The summed E-state index contributed by atoms with van der Waals surface area (Å²) in [7, 11) is 0. The van der Waals surface area contributed by atoms with Crippen LogP contribution in [0.25, 0.3) is 0 Å². The summed E-state index contributed by atoms with van der Waals surface area (Å²) in [4.78, 5) is 14.5. The maximum Gasteiger partial charge on any atom is 0.238 e. The van der Waals surface area contributed by atoms with E-state index in [4.69, 9.17) is 0 Å². The van der Waals surface area contributed by atoms with Crippen molar-refractivity contribution in [3.8, 4) is 0 Å².